The van der Waals surface area contributed by atoms with E-state index < -0.39 is 0 Å². The molecule has 16 heavy (non-hydrogen) atoms. The SMILES string of the molecule is CCc1nnsc1C(N)c1c(Br)nnn1C. The highest BCUT2D eigenvalue weighted by Gasteiger charge is 2.22. The third-order valence-electron chi connectivity index (χ3n) is 2.32. The molecule has 0 amide bonds. The highest BCUT2D eigenvalue weighted by atomic mass is 79.9. The van der Waals surface area contributed by atoms with Gasteiger partial charge in [-0.2, -0.15) is 0 Å². The van der Waals surface area contributed by atoms with Gasteiger partial charge in [-0.25, -0.2) is 4.68 Å². The molecule has 0 saturated carbocycles. The molecule has 8 heteroatoms. The van der Waals surface area contributed by atoms with E-state index in [1.54, 1.807) is 4.68 Å². The average molecular weight is 303 g/mol. The van der Waals surface area contributed by atoms with E-state index in [4.69, 9.17) is 5.73 Å². The van der Waals surface area contributed by atoms with Crippen molar-refractivity contribution in [2.24, 2.45) is 12.8 Å². The highest BCUT2D eigenvalue weighted by molar-refractivity contribution is 9.10. The maximum Gasteiger partial charge on any atom is 0.153 e. The van der Waals surface area contributed by atoms with E-state index in [0.717, 1.165) is 22.7 Å². The van der Waals surface area contributed by atoms with Crippen molar-refractivity contribution in [1.29, 1.82) is 0 Å². The monoisotopic (exact) mass is 302 g/mol. The number of rotatable bonds is 3. The van der Waals surface area contributed by atoms with Gasteiger partial charge in [-0.3, -0.25) is 0 Å². The van der Waals surface area contributed by atoms with Crippen LogP contribution >= 0.6 is 27.5 Å². The second-order valence-electron chi connectivity index (χ2n) is 3.30. The van der Waals surface area contributed by atoms with E-state index >= 15 is 0 Å². The molecular weight excluding hydrogens is 292 g/mol. The van der Waals surface area contributed by atoms with Crippen LogP contribution in [0.1, 0.15) is 29.2 Å². The third kappa shape index (κ3) is 1.87. The molecule has 6 nitrogen and oxygen atoms in total. The Morgan fingerprint density at radius 2 is 2.25 bits per heavy atom. The largest absolute Gasteiger partial charge is 0.318 e. The van der Waals surface area contributed by atoms with E-state index in [2.05, 4.69) is 35.8 Å². The molecule has 2 N–H and O–H groups in total. The Balaban J connectivity index is 2.43. The van der Waals surface area contributed by atoms with Crippen molar-refractivity contribution in [3.8, 4) is 0 Å². The summed E-state index contributed by atoms with van der Waals surface area (Å²) in [7, 11) is 1.81. The zero-order valence-corrected chi connectivity index (χ0v) is 11.3. The van der Waals surface area contributed by atoms with E-state index in [-0.39, 0.29) is 6.04 Å². The number of hydrogen-bond acceptors (Lipinski definition) is 6. The average Bonchev–Trinajstić information content (AvgIpc) is 2.85. The number of halogens is 1. The van der Waals surface area contributed by atoms with Gasteiger partial charge in [-0.15, -0.1) is 10.2 Å². The number of nitrogens with two attached hydrogens (primary N) is 1. The summed E-state index contributed by atoms with van der Waals surface area (Å²) in [6.07, 6.45) is 0.822. The van der Waals surface area contributed by atoms with Gasteiger partial charge in [0.05, 0.1) is 22.3 Å². The molecule has 0 fully saturated rings. The zero-order valence-electron chi connectivity index (χ0n) is 8.88. The van der Waals surface area contributed by atoms with E-state index in [1.807, 2.05) is 14.0 Å². The van der Waals surface area contributed by atoms with Crippen molar-refractivity contribution in [2.45, 2.75) is 19.4 Å². The molecule has 1 atom stereocenters. The first-order valence-corrected chi connectivity index (χ1v) is 6.33. The Hall–Kier alpha value is -0.860. The first-order chi connectivity index (χ1) is 7.65. The standard InChI is InChI=1S/C8H11BrN6S/c1-3-4-7(16-14-11-4)5(10)6-8(9)12-13-15(6)2/h5H,3,10H2,1-2H3. The summed E-state index contributed by atoms with van der Waals surface area (Å²) in [4.78, 5) is 0.966. The number of hydrogen-bond donors (Lipinski definition) is 1. The minimum atomic E-state index is -0.288. The van der Waals surface area contributed by atoms with Crippen LogP contribution in [-0.4, -0.2) is 24.6 Å². The van der Waals surface area contributed by atoms with Gasteiger partial charge < -0.3 is 5.73 Å². The molecule has 0 aliphatic heterocycles. The van der Waals surface area contributed by atoms with Crippen LogP contribution in [0, 0.1) is 0 Å². The normalized spacial score (nSPS) is 13.0. The Bertz CT molecular complexity index is 473. The number of aryl methyl sites for hydroxylation is 2. The van der Waals surface area contributed by atoms with Crippen molar-refractivity contribution in [3.63, 3.8) is 0 Å². The van der Waals surface area contributed by atoms with Gasteiger partial charge in [0.2, 0.25) is 0 Å². The predicted molar refractivity (Wildman–Crippen MR) is 64.0 cm³/mol. The van der Waals surface area contributed by atoms with Gasteiger partial charge >= 0.3 is 0 Å². The van der Waals surface area contributed by atoms with Gasteiger partial charge in [0.25, 0.3) is 0 Å². The van der Waals surface area contributed by atoms with E-state index in [9.17, 15) is 0 Å². The Morgan fingerprint density at radius 1 is 1.50 bits per heavy atom. The van der Waals surface area contributed by atoms with Crippen molar-refractivity contribution < 1.29 is 0 Å². The van der Waals surface area contributed by atoms with Crippen molar-refractivity contribution >= 4 is 27.5 Å². The second kappa shape index (κ2) is 4.56. The molecule has 0 aromatic carbocycles. The summed E-state index contributed by atoms with van der Waals surface area (Å²) in [5.41, 5.74) is 7.95. The summed E-state index contributed by atoms with van der Waals surface area (Å²) < 4.78 is 6.25. The fourth-order valence-corrected chi connectivity index (χ4v) is 2.81. The highest BCUT2D eigenvalue weighted by Crippen LogP contribution is 2.28. The first kappa shape index (κ1) is 11.6. The van der Waals surface area contributed by atoms with Crippen LogP contribution in [0.2, 0.25) is 0 Å². The van der Waals surface area contributed by atoms with Crippen LogP contribution in [0.15, 0.2) is 4.60 Å². The Morgan fingerprint density at radius 3 is 2.81 bits per heavy atom. The lowest BCUT2D eigenvalue weighted by molar-refractivity contribution is 0.651. The van der Waals surface area contributed by atoms with Gasteiger partial charge in [-0.05, 0) is 33.9 Å². The number of nitrogens with zero attached hydrogens (tertiary/aromatic N) is 5. The lowest BCUT2D eigenvalue weighted by Crippen LogP contribution is -2.16. The molecule has 1 unspecified atom stereocenters. The summed E-state index contributed by atoms with van der Waals surface area (Å²) in [5, 5.41) is 11.9. The molecule has 0 aliphatic rings. The van der Waals surface area contributed by atoms with Gasteiger partial charge in [0.1, 0.15) is 0 Å². The van der Waals surface area contributed by atoms with Crippen LogP contribution in [0.4, 0.5) is 0 Å². The minimum absolute atomic E-state index is 0.288. The van der Waals surface area contributed by atoms with Crippen LogP contribution in [-0.2, 0) is 13.5 Å². The van der Waals surface area contributed by atoms with Gasteiger partial charge in [0.15, 0.2) is 4.60 Å². The van der Waals surface area contributed by atoms with Crippen LogP contribution in [0.3, 0.4) is 0 Å². The van der Waals surface area contributed by atoms with Crippen LogP contribution < -0.4 is 5.73 Å². The molecule has 2 aromatic heterocycles. The molecule has 0 spiro atoms. The summed E-state index contributed by atoms with van der Waals surface area (Å²) >= 11 is 4.66. The van der Waals surface area contributed by atoms with Crippen LogP contribution in [0.5, 0.6) is 0 Å². The van der Waals surface area contributed by atoms with Crippen molar-refractivity contribution in [2.75, 3.05) is 0 Å². The lowest BCUT2D eigenvalue weighted by atomic mass is 10.1. The second-order valence-corrected chi connectivity index (χ2v) is 4.84. The molecule has 0 bridgehead atoms. The maximum atomic E-state index is 6.18. The molecule has 2 rings (SSSR count). The Kier molecular flexibility index (Phi) is 3.31. The summed E-state index contributed by atoms with van der Waals surface area (Å²) in [5.74, 6) is 0. The minimum Gasteiger partial charge on any atom is -0.318 e. The molecule has 0 saturated heterocycles. The fraction of sp³-hybridized carbons (Fsp3) is 0.500. The quantitative estimate of drug-likeness (QED) is 0.916. The fourth-order valence-electron chi connectivity index (χ4n) is 1.49. The molecule has 0 radical (unpaired) electrons. The third-order valence-corrected chi connectivity index (χ3v) is 3.74. The summed E-state index contributed by atoms with van der Waals surface area (Å²) in [6, 6.07) is -0.288. The van der Waals surface area contributed by atoms with Gasteiger partial charge in [-0.1, -0.05) is 16.6 Å². The predicted octanol–water partition coefficient (Wildman–Crippen LogP) is 1.04. The first-order valence-electron chi connectivity index (χ1n) is 4.77. The molecule has 0 aliphatic carbocycles. The van der Waals surface area contributed by atoms with E-state index in [0.29, 0.717) is 4.60 Å². The molecular formula is C8H11BrN6S. The summed E-state index contributed by atoms with van der Waals surface area (Å²) in [6.45, 7) is 2.03. The van der Waals surface area contributed by atoms with Crippen molar-refractivity contribution in [3.05, 3.63) is 20.9 Å². The van der Waals surface area contributed by atoms with Crippen LogP contribution in [0.25, 0.3) is 0 Å². The zero-order chi connectivity index (χ0) is 11.7. The Labute approximate surface area is 105 Å². The topological polar surface area (TPSA) is 82.5 Å². The number of aromatic nitrogens is 5. The van der Waals surface area contributed by atoms with Gasteiger partial charge in [0, 0.05) is 7.05 Å². The van der Waals surface area contributed by atoms with E-state index in [1.165, 1.54) is 11.5 Å². The molecule has 86 valence electrons. The maximum absolute atomic E-state index is 6.18. The lowest BCUT2D eigenvalue weighted by Gasteiger charge is -2.10. The smallest absolute Gasteiger partial charge is 0.153 e. The molecule has 2 aromatic rings. The van der Waals surface area contributed by atoms with Crippen molar-refractivity contribution in [1.82, 2.24) is 24.6 Å². The molecule has 2 heterocycles.